The second kappa shape index (κ2) is 9.87. The fourth-order valence-electron chi connectivity index (χ4n) is 5.27. The Bertz CT molecular complexity index is 1270. The number of aryl methyl sites for hydroxylation is 1. The van der Waals surface area contributed by atoms with Gasteiger partial charge in [0.25, 0.3) is 5.56 Å². The van der Waals surface area contributed by atoms with Gasteiger partial charge in [-0.3, -0.25) is 9.36 Å². The zero-order valence-electron chi connectivity index (χ0n) is 20.8. The Balaban J connectivity index is 1.54. The first-order valence-electron chi connectivity index (χ1n) is 12.5. The molecule has 0 aliphatic carbocycles. The minimum absolute atomic E-state index is 0.0312. The standard InChI is InChI=1S/C27H35N5O3/c1-18-15-21(19(2)28-23-8-4-5-9-24(23)32-10-6-7-20(33)17-32)25-22(16-18)26(34)30(3)27(29-25)31-11-13-35-14-12-31/h4-5,8-9,15-16,19-20,28,33H,6-7,10-14,17H2,1-3H3/t19-,20-/m1/s1. The second-order valence-electron chi connectivity index (χ2n) is 9.75. The summed E-state index contributed by atoms with van der Waals surface area (Å²) in [7, 11) is 1.80. The Morgan fingerprint density at radius 2 is 1.91 bits per heavy atom. The maximum absolute atomic E-state index is 13.4. The highest BCUT2D eigenvalue weighted by Gasteiger charge is 2.23. The quantitative estimate of drug-likeness (QED) is 0.584. The lowest BCUT2D eigenvalue weighted by Gasteiger charge is -2.34. The van der Waals surface area contributed by atoms with Crippen LogP contribution in [0.3, 0.4) is 0 Å². The van der Waals surface area contributed by atoms with Gasteiger partial charge in [-0.25, -0.2) is 4.98 Å². The van der Waals surface area contributed by atoms with E-state index in [2.05, 4.69) is 40.2 Å². The normalized spacial score (nSPS) is 19.7. The Kier molecular flexibility index (Phi) is 6.67. The summed E-state index contributed by atoms with van der Waals surface area (Å²) in [4.78, 5) is 22.8. The lowest BCUT2D eigenvalue weighted by Crippen LogP contribution is -2.40. The van der Waals surface area contributed by atoms with Crippen LogP contribution in [0.1, 0.15) is 36.9 Å². The van der Waals surface area contributed by atoms with E-state index < -0.39 is 0 Å². The number of aliphatic hydroxyl groups is 1. The average Bonchev–Trinajstić information content (AvgIpc) is 2.87. The minimum Gasteiger partial charge on any atom is -0.391 e. The van der Waals surface area contributed by atoms with Crippen LogP contribution in [0.4, 0.5) is 17.3 Å². The molecular weight excluding hydrogens is 442 g/mol. The number of fused-ring (bicyclic) bond motifs is 1. The van der Waals surface area contributed by atoms with Gasteiger partial charge >= 0.3 is 0 Å². The molecule has 0 amide bonds. The van der Waals surface area contributed by atoms with Crippen molar-refractivity contribution in [3.05, 3.63) is 57.9 Å². The van der Waals surface area contributed by atoms with Crippen LogP contribution in [0.15, 0.2) is 41.2 Å². The molecule has 5 rings (SSSR count). The highest BCUT2D eigenvalue weighted by molar-refractivity contribution is 5.84. The zero-order chi connectivity index (χ0) is 24.5. The molecule has 2 aromatic carbocycles. The predicted octanol–water partition coefficient (Wildman–Crippen LogP) is 3.21. The zero-order valence-corrected chi connectivity index (χ0v) is 20.8. The summed E-state index contributed by atoms with van der Waals surface area (Å²) in [5.41, 5.74) is 4.85. The second-order valence-corrected chi connectivity index (χ2v) is 9.75. The topological polar surface area (TPSA) is 82.9 Å². The summed E-state index contributed by atoms with van der Waals surface area (Å²) in [5, 5.41) is 14.5. The van der Waals surface area contributed by atoms with Crippen molar-refractivity contribution >= 4 is 28.2 Å². The molecule has 35 heavy (non-hydrogen) atoms. The smallest absolute Gasteiger partial charge is 0.262 e. The van der Waals surface area contributed by atoms with E-state index in [1.165, 1.54) is 0 Å². The molecular formula is C27H35N5O3. The van der Waals surface area contributed by atoms with Gasteiger partial charge in [-0.15, -0.1) is 0 Å². The van der Waals surface area contributed by atoms with Crippen LogP contribution in [0, 0.1) is 6.92 Å². The van der Waals surface area contributed by atoms with Gasteiger partial charge in [0.1, 0.15) is 0 Å². The fourth-order valence-corrected chi connectivity index (χ4v) is 5.27. The molecule has 0 bridgehead atoms. The molecule has 3 aromatic rings. The maximum Gasteiger partial charge on any atom is 0.262 e. The number of anilines is 3. The summed E-state index contributed by atoms with van der Waals surface area (Å²) in [6.07, 6.45) is 1.53. The fraction of sp³-hybridized carbons (Fsp3) is 0.481. The van der Waals surface area contributed by atoms with Crippen LogP contribution < -0.4 is 20.7 Å². The number of nitrogens with zero attached hydrogens (tertiary/aromatic N) is 4. The van der Waals surface area contributed by atoms with Gasteiger partial charge in [0, 0.05) is 38.8 Å². The van der Waals surface area contributed by atoms with Gasteiger partial charge in [0.05, 0.1) is 47.6 Å². The Morgan fingerprint density at radius 1 is 1.14 bits per heavy atom. The number of aromatic nitrogens is 2. The van der Waals surface area contributed by atoms with E-state index >= 15 is 0 Å². The number of morpholine rings is 1. The molecule has 0 saturated carbocycles. The lowest BCUT2D eigenvalue weighted by atomic mass is 10.0. The minimum atomic E-state index is -0.297. The van der Waals surface area contributed by atoms with Crippen molar-refractivity contribution in [2.75, 3.05) is 54.5 Å². The molecule has 2 N–H and O–H groups in total. The van der Waals surface area contributed by atoms with E-state index in [1.807, 2.05) is 25.1 Å². The molecule has 2 saturated heterocycles. The first-order chi connectivity index (χ1) is 16.9. The molecule has 1 aromatic heterocycles. The van der Waals surface area contributed by atoms with Gasteiger partial charge in [-0.2, -0.15) is 0 Å². The van der Waals surface area contributed by atoms with E-state index in [-0.39, 0.29) is 17.7 Å². The maximum atomic E-state index is 13.4. The van der Waals surface area contributed by atoms with Crippen molar-refractivity contribution < 1.29 is 9.84 Å². The van der Waals surface area contributed by atoms with E-state index in [9.17, 15) is 9.90 Å². The summed E-state index contributed by atoms with van der Waals surface area (Å²) in [5.74, 6) is 0.686. The average molecular weight is 478 g/mol. The number of para-hydroxylation sites is 2. The first-order valence-corrected chi connectivity index (χ1v) is 12.5. The monoisotopic (exact) mass is 477 g/mol. The Morgan fingerprint density at radius 3 is 2.69 bits per heavy atom. The lowest BCUT2D eigenvalue weighted by molar-refractivity contribution is 0.121. The van der Waals surface area contributed by atoms with Gasteiger partial charge in [0.2, 0.25) is 5.95 Å². The van der Waals surface area contributed by atoms with Crippen LogP contribution in [-0.4, -0.2) is 60.2 Å². The molecule has 8 heteroatoms. The number of nitrogens with one attached hydrogen (secondary N) is 1. The molecule has 186 valence electrons. The number of β-amino-alcohol motifs (C(OH)–C–C–N with tert-alkyl or cyclic N) is 1. The van der Waals surface area contributed by atoms with E-state index in [0.717, 1.165) is 60.5 Å². The molecule has 2 fully saturated rings. The first kappa shape index (κ1) is 23.6. The third-order valence-corrected chi connectivity index (χ3v) is 7.10. The van der Waals surface area contributed by atoms with Gasteiger partial charge < -0.3 is 25.0 Å². The molecule has 0 unspecified atom stereocenters. The van der Waals surface area contributed by atoms with Crippen molar-refractivity contribution in [2.24, 2.45) is 7.05 Å². The van der Waals surface area contributed by atoms with Crippen LogP contribution in [-0.2, 0) is 11.8 Å². The molecule has 2 atom stereocenters. The molecule has 2 aliphatic rings. The number of benzene rings is 2. The van der Waals surface area contributed by atoms with Crippen molar-refractivity contribution in [2.45, 2.75) is 38.8 Å². The third kappa shape index (κ3) is 4.73. The Labute approximate surface area is 206 Å². The SMILES string of the molecule is Cc1cc([C@@H](C)Nc2ccccc2N2CCC[C@@H](O)C2)c2nc(N3CCOCC3)n(C)c(=O)c2c1. The van der Waals surface area contributed by atoms with Gasteiger partial charge in [-0.05, 0) is 50.5 Å². The number of piperidine rings is 1. The summed E-state index contributed by atoms with van der Waals surface area (Å²) in [6.45, 7) is 8.41. The largest absolute Gasteiger partial charge is 0.391 e. The predicted molar refractivity (Wildman–Crippen MR) is 141 cm³/mol. The number of ether oxygens (including phenoxy) is 1. The highest BCUT2D eigenvalue weighted by atomic mass is 16.5. The number of rotatable bonds is 5. The Hall–Kier alpha value is -3.10. The van der Waals surface area contributed by atoms with E-state index in [4.69, 9.17) is 9.72 Å². The molecule has 3 heterocycles. The highest BCUT2D eigenvalue weighted by Crippen LogP contribution is 2.33. The van der Waals surface area contributed by atoms with Crippen LogP contribution in [0.25, 0.3) is 10.9 Å². The number of hydrogen-bond donors (Lipinski definition) is 2. The van der Waals surface area contributed by atoms with Gasteiger partial charge in [-0.1, -0.05) is 18.2 Å². The van der Waals surface area contributed by atoms with Crippen LogP contribution in [0.5, 0.6) is 0 Å². The molecule has 0 radical (unpaired) electrons. The van der Waals surface area contributed by atoms with Crippen LogP contribution >= 0.6 is 0 Å². The summed E-state index contributed by atoms with van der Waals surface area (Å²) < 4.78 is 7.16. The van der Waals surface area contributed by atoms with Crippen molar-refractivity contribution in [3.63, 3.8) is 0 Å². The molecule has 8 nitrogen and oxygen atoms in total. The molecule has 0 spiro atoms. The van der Waals surface area contributed by atoms with Crippen molar-refractivity contribution in [1.82, 2.24) is 9.55 Å². The molecule has 2 aliphatic heterocycles. The van der Waals surface area contributed by atoms with Crippen LogP contribution in [0.2, 0.25) is 0 Å². The number of hydrogen-bond acceptors (Lipinski definition) is 7. The van der Waals surface area contributed by atoms with E-state index in [1.54, 1.807) is 11.6 Å². The third-order valence-electron chi connectivity index (χ3n) is 7.10. The summed E-state index contributed by atoms with van der Waals surface area (Å²) in [6, 6.07) is 12.2. The van der Waals surface area contributed by atoms with Crippen molar-refractivity contribution in [3.8, 4) is 0 Å². The van der Waals surface area contributed by atoms with Gasteiger partial charge in [0.15, 0.2) is 0 Å². The number of aliphatic hydroxyl groups excluding tert-OH is 1. The van der Waals surface area contributed by atoms with Crippen molar-refractivity contribution in [1.29, 1.82) is 0 Å². The summed E-state index contributed by atoms with van der Waals surface area (Å²) >= 11 is 0. The van der Waals surface area contributed by atoms with E-state index in [0.29, 0.717) is 31.1 Å².